The second kappa shape index (κ2) is 6.94. The molecule has 136 valence electrons. The molecule has 0 saturated carbocycles. The van der Waals surface area contributed by atoms with Crippen molar-refractivity contribution < 1.29 is 4.42 Å². The van der Waals surface area contributed by atoms with Gasteiger partial charge < -0.3 is 9.40 Å². The molecule has 8 heteroatoms. The summed E-state index contributed by atoms with van der Waals surface area (Å²) in [5.41, 5.74) is 2.05. The lowest BCUT2D eigenvalue weighted by molar-refractivity contribution is 0.528. The summed E-state index contributed by atoms with van der Waals surface area (Å²) in [6, 6.07) is 9.65. The van der Waals surface area contributed by atoms with Crippen molar-refractivity contribution in [2.45, 2.75) is 36.6 Å². The summed E-state index contributed by atoms with van der Waals surface area (Å²) in [5.74, 6) is 1.46. The number of aryl methyl sites for hydroxylation is 2. The highest BCUT2D eigenvalue weighted by atomic mass is 32.2. The number of hydrogen-bond acceptors (Lipinski definition) is 7. The standard InChI is InChI=1S/C19H16N4O2S2/c24-16-15-12-8-4-5-9-13(12)27-18(15)21-19(20-16)26-10-14-22-23-17(25-14)11-6-2-1-3-7-11/h1-3,6-7H,4-5,8-10H2,(H,20,21,24). The number of nitrogens with one attached hydrogen (secondary N) is 1. The Kier molecular flexibility index (Phi) is 4.29. The highest BCUT2D eigenvalue weighted by Gasteiger charge is 2.20. The molecule has 1 aliphatic rings. The number of aromatic amines is 1. The molecule has 0 fully saturated rings. The number of fused-ring (bicyclic) bond motifs is 3. The van der Waals surface area contributed by atoms with Crippen LogP contribution in [0.25, 0.3) is 21.7 Å². The van der Waals surface area contributed by atoms with Crippen LogP contribution in [0.3, 0.4) is 0 Å². The molecule has 0 atom stereocenters. The van der Waals surface area contributed by atoms with E-state index < -0.39 is 0 Å². The van der Waals surface area contributed by atoms with Gasteiger partial charge in [0.2, 0.25) is 11.8 Å². The Morgan fingerprint density at radius 1 is 1.15 bits per heavy atom. The maximum Gasteiger partial charge on any atom is 0.260 e. The Balaban J connectivity index is 1.38. The smallest absolute Gasteiger partial charge is 0.260 e. The molecule has 6 nitrogen and oxygen atoms in total. The van der Waals surface area contributed by atoms with Crippen LogP contribution in [-0.4, -0.2) is 20.2 Å². The second-order valence-corrected chi connectivity index (χ2v) is 8.47. The average molecular weight is 396 g/mol. The van der Waals surface area contributed by atoms with Crippen LogP contribution in [0.1, 0.15) is 29.2 Å². The van der Waals surface area contributed by atoms with E-state index in [0.29, 0.717) is 22.7 Å². The summed E-state index contributed by atoms with van der Waals surface area (Å²) >= 11 is 3.06. The van der Waals surface area contributed by atoms with Crippen molar-refractivity contribution in [3.05, 3.63) is 57.0 Å². The van der Waals surface area contributed by atoms with E-state index in [0.717, 1.165) is 35.0 Å². The van der Waals surface area contributed by atoms with Crippen LogP contribution in [0, 0.1) is 0 Å². The van der Waals surface area contributed by atoms with Gasteiger partial charge in [-0.05, 0) is 43.4 Å². The average Bonchev–Trinajstić information content (AvgIpc) is 3.31. The van der Waals surface area contributed by atoms with Crippen molar-refractivity contribution in [3.63, 3.8) is 0 Å². The van der Waals surface area contributed by atoms with Crippen LogP contribution >= 0.6 is 23.1 Å². The fourth-order valence-corrected chi connectivity index (χ4v) is 5.37. The normalized spacial score (nSPS) is 13.8. The molecule has 0 aliphatic heterocycles. The number of rotatable bonds is 4. The first-order valence-corrected chi connectivity index (χ1v) is 10.6. The van der Waals surface area contributed by atoms with Crippen LogP contribution in [0.4, 0.5) is 0 Å². The predicted molar refractivity (Wildman–Crippen MR) is 106 cm³/mol. The molecule has 0 radical (unpaired) electrons. The van der Waals surface area contributed by atoms with Gasteiger partial charge in [-0.1, -0.05) is 30.0 Å². The minimum absolute atomic E-state index is 0.0441. The minimum atomic E-state index is -0.0441. The molecular formula is C19H16N4O2S2. The van der Waals surface area contributed by atoms with E-state index in [1.165, 1.54) is 28.6 Å². The highest BCUT2D eigenvalue weighted by molar-refractivity contribution is 7.98. The summed E-state index contributed by atoms with van der Waals surface area (Å²) in [5, 5.41) is 9.55. The van der Waals surface area contributed by atoms with Crippen LogP contribution in [0.2, 0.25) is 0 Å². The Hall–Kier alpha value is -2.45. The Bertz CT molecular complexity index is 1160. The third-order valence-corrected chi connectivity index (χ3v) is 6.67. The van der Waals surface area contributed by atoms with Gasteiger partial charge >= 0.3 is 0 Å². The number of aromatic nitrogens is 4. The van der Waals surface area contributed by atoms with Gasteiger partial charge in [0.1, 0.15) is 4.83 Å². The monoisotopic (exact) mass is 396 g/mol. The fourth-order valence-electron chi connectivity index (χ4n) is 3.35. The topological polar surface area (TPSA) is 84.7 Å². The lowest BCUT2D eigenvalue weighted by atomic mass is 9.97. The SMILES string of the molecule is O=c1[nH]c(SCc2nnc(-c3ccccc3)o2)nc2sc3c(c12)CCCC3. The van der Waals surface area contributed by atoms with Crippen LogP contribution in [0.15, 0.2) is 44.7 Å². The van der Waals surface area contributed by atoms with Crippen LogP contribution in [0.5, 0.6) is 0 Å². The van der Waals surface area contributed by atoms with E-state index in [-0.39, 0.29) is 5.56 Å². The number of hydrogen-bond donors (Lipinski definition) is 1. The summed E-state index contributed by atoms with van der Waals surface area (Å²) in [4.78, 5) is 22.3. The van der Waals surface area contributed by atoms with Crippen molar-refractivity contribution in [2.75, 3.05) is 0 Å². The van der Waals surface area contributed by atoms with Crippen molar-refractivity contribution in [1.29, 1.82) is 0 Å². The summed E-state index contributed by atoms with van der Waals surface area (Å²) in [6.45, 7) is 0. The molecule has 5 rings (SSSR count). The number of thioether (sulfide) groups is 1. The van der Waals surface area contributed by atoms with Crippen LogP contribution < -0.4 is 5.56 Å². The Labute approximate surface area is 163 Å². The summed E-state index contributed by atoms with van der Waals surface area (Å²) in [6.07, 6.45) is 4.38. The van der Waals surface area contributed by atoms with Gasteiger partial charge in [0.05, 0.1) is 11.1 Å². The number of H-pyrrole nitrogens is 1. The maximum atomic E-state index is 12.6. The molecule has 0 amide bonds. The molecule has 1 aromatic carbocycles. The zero-order valence-corrected chi connectivity index (χ0v) is 16.0. The van der Waals surface area contributed by atoms with E-state index in [4.69, 9.17) is 4.42 Å². The van der Waals surface area contributed by atoms with Gasteiger partial charge in [-0.2, -0.15) is 0 Å². The predicted octanol–water partition coefficient (Wildman–Crippen LogP) is 4.21. The summed E-state index contributed by atoms with van der Waals surface area (Å²) in [7, 11) is 0. The molecule has 1 aliphatic carbocycles. The molecule has 3 aromatic heterocycles. The molecule has 0 spiro atoms. The van der Waals surface area contributed by atoms with E-state index in [2.05, 4.69) is 20.2 Å². The third-order valence-electron chi connectivity index (χ3n) is 4.62. The zero-order chi connectivity index (χ0) is 18.2. The van der Waals surface area contributed by atoms with Gasteiger partial charge in [0.15, 0.2) is 5.16 Å². The molecule has 0 unspecified atom stereocenters. The van der Waals surface area contributed by atoms with E-state index in [1.807, 2.05) is 30.3 Å². The quantitative estimate of drug-likeness (QED) is 0.411. The molecule has 1 N–H and O–H groups in total. The molecule has 0 saturated heterocycles. The van der Waals surface area contributed by atoms with Crippen molar-refractivity contribution in [2.24, 2.45) is 0 Å². The highest BCUT2D eigenvalue weighted by Crippen LogP contribution is 2.34. The number of nitrogens with zero attached hydrogens (tertiary/aromatic N) is 3. The Morgan fingerprint density at radius 3 is 2.89 bits per heavy atom. The van der Waals surface area contributed by atoms with Gasteiger partial charge in [-0.15, -0.1) is 21.5 Å². The largest absolute Gasteiger partial charge is 0.420 e. The summed E-state index contributed by atoms with van der Waals surface area (Å²) < 4.78 is 5.72. The van der Waals surface area contributed by atoms with E-state index in [9.17, 15) is 4.79 Å². The van der Waals surface area contributed by atoms with Gasteiger partial charge in [0, 0.05) is 10.4 Å². The van der Waals surface area contributed by atoms with Crippen molar-refractivity contribution >= 4 is 33.3 Å². The van der Waals surface area contributed by atoms with E-state index in [1.54, 1.807) is 11.3 Å². The van der Waals surface area contributed by atoms with Crippen LogP contribution in [-0.2, 0) is 18.6 Å². The molecule has 27 heavy (non-hydrogen) atoms. The molecule has 0 bridgehead atoms. The maximum absolute atomic E-state index is 12.6. The first-order valence-electron chi connectivity index (χ1n) is 8.83. The van der Waals surface area contributed by atoms with Gasteiger partial charge in [0.25, 0.3) is 5.56 Å². The minimum Gasteiger partial charge on any atom is -0.420 e. The first kappa shape index (κ1) is 16.7. The lowest BCUT2D eigenvalue weighted by Gasteiger charge is -2.09. The second-order valence-electron chi connectivity index (χ2n) is 6.42. The zero-order valence-electron chi connectivity index (χ0n) is 14.4. The van der Waals surface area contributed by atoms with E-state index >= 15 is 0 Å². The first-order chi connectivity index (χ1) is 13.3. The third kappa shape index (κ3) is 3.19. The van der Waals surface area contributed by atoms with Crippen molar-refractivity contribution in [3.8, 4) is 11.5 Å². The molecular weight excluding hydrogens is 380 g/mol. The van der Waals surface area contributed by atoms with Crippen molar-refractivity contribution in [1.82, 2.24) is 20.2 Å². The molecule has 4 aromatic rings. The molecule has 3 heterocycles. The van der Waals surface area contributed by atoms with Gasteiger partial charge in [-0.25, -0.2) is 4.98 Å². The Morgan fingerprint density at radius 2 is 2.00 bits per heavy atom. The number of benzene rings is 1. The van der Waals surface area contributed by atoms with Gasteiger partial charge in [-0.3, -0.25) is 4.79 Å². The lowest BCUT2D eigenvalue weighted by Crippen LogP contribution is -2.10. The number of thiophene rings is 1. The fraction of sp³-hybridized carbons (Fsp3) is 0.263.